The van der Waals surface area contributed by atoms with Crippen molar-refractivity contribution in [2.24, 2.45) is 0 Å². The van der Waals surface area contributed by atoms with E-state index in [4.69, 9.17) is 4.74 Å². The number of allylic oxidation sites excluding steroid dienone is 2. The number of aromatic amines is 2. The predicted molar refractivity (Wildman–Crippen MR) is 156 cm³/mol. The van der Waals surface area contributed by atoms with Crippen molar-refractivity contribution in [1.29, 1.82) is 0 Å². The molecule has 3 aromatic heterocycles. The predicted octanol–water partition coefficient (Wildman–Crippen LogP) is 6.85. The van der Waals surface area contributed by atoms with Crippen molar-refractivity contribution in [3.63, 3.8) is 0 Å². The Morgan fingerprint density at radius 2 is 1.85 bits per heavy atom. The van der Waals surface area contributed by atoms with E-state index in [1.807, 2.05) is 48.7 Å². The van der Waals surface area contributed by atoms with Crippen LogP contribution < -0.4 is 4.74 Å². The average molecular weight is 530 g/mol. The van der Waals surface area contributed by atoms with Crippen molar-refractivity contribution < 1.29 is 9.13 Å². The van der Waals surface area contributed by atoms with Gasteiger partial charge in [-0.25, -0.2) is 9.37 Å². The molecular formula is C33H28FN5O. The number of nitrogens with zero attached hydrogens (tertiary/aromatic N) is 3. The summed E-state index contributed by atoms with van der Waals surface area (Å²) in [6, 6.07) is 19.2. The van der Waals surface area contributed by atoms with Crippen molar-refractivity contribution in [1.82, 2.24) is 25.1 Å². The molecule has 1 aliphatic carbocycles. The van der Waals surface area contributed by atoms with E-state index in [1.54, 1.807) is 6.07 Å². The van der Waals surface area contributed by atoms with Crippen molar-refractivity contribution in [3.05, 3.63) is 107 Å². The molecule has 5 aromatic rings. The van der Waals surface area contributed by atoms with E-state index in [0.717, 1.165) is 69.9 Å². The number of H-pyrrole nitrogens is 2. The lowest BCUT2D eigenvalue weighted by molar-refractivity contribution is 0.237. The molecular weight excluding hydrogens is 501 g/mol. The van der Waals surface area contributed by atoms with Gasteiger partial charge in [0.15, 0.2) is 5.65 Å². The third-order valence-corrected chi connectivity index (χ3v) is 7.55. The highest BCUT2D eigenvalue weighted by Gasteiger charge is 2.19. The van der Waals surface area contributed by atoms with Crippen molar-refractivity contribution in [2.75, 3.05) is 26.2 Å². The summed E-state index contributed by atoms with van der Waals surface area (Å²) < 4.78 is 20.8. The summed E-state index contributed by atoms with van der Waals surface area (Å²) >= 11 is 0. The van der Waals surface area contributed by atoms with E-state index in [2.05, 4.69) is 55.1 Å². The lowest BCUT2D eigenvalue weighted by Crippen LogP contribution is -2.25. The number of pyridine rings is 1. The molecule has 6 nitrogen and oxygen atoms in total. The Labute approximate surface area is 231 Å². The lowest BCUT2D eigenvalue weighted by Gasteiger charge is -2.16. The van der Waals surface area contributed by atoms with Gasteiger partial charge in [0.25, 0.3) is 0 Å². The van der Waals surface area contributed by atoms with Crippen LogP contribution in [-0.4, -0.2) is 51.3 Å². The Morgan fingerprint density at radius 3 is 2.73 bits per heavy atom. The van der Waals surface area contributed by atoms with Gasteiger partial charge in [-0.1, -0.05) is 30.3 Å². The van der Waals surface area contributed by atoms with Crippen molar-refractivity contribution in [3.8, 4) is 28.3 Å². The van der Waals surface area contributed by atoms with E-state index >= 15 is 0 Å². The van der Waals surface area contributed by atoms with Crippen LogP contribution in [0.5, 0.6) is 5.75 Å². The Bertz CT molecular complexity index is 1790. The normalized spacial score (nSPS) is 14.9. The van der Waals surface area contributed by atoms with E-state index in [-0.39, 0.29) is 5.82 Å². The topological polar surface area (TPSA) is 69.8 Å². The number of rotatable bonds is 7. The van der Waals surface area contributed by atoms with Crippen LogP contribution in [0.15, 0.2) is 84.7 Å². The first-order valence-corrected chi connectivity index (χ1v) is 13.6. The summed E-state index contributed by atoms with van der Waals surface area (Å²) in [4.78, 5) is 10.5. The summed E-state index contributed by atoms with van der Waals surface area (Å²) in [6.07, 6.45) is 10.0. The Balaban J connectivity index is 1.22. The van der Waals surface area contributed by atoms with Crippen molar-refractivity contribution >= 4 is 22.7 Å². The van der Waals surface area contributed by atoms with Gasteiger partial charge in [0.05, 0.1) is 11.4 Å². The number of nitrogens with one attached hydrogen (secondary N) is 2. The number of hydrogen-bond donors (Lipinski definition) is 2. The first kappa shape index (κ1) is 24.3. The quantitative estimate of drug-likeness (QED) is 0.226. The molecule has 1 fully saturated rings. The zero-order valence-corrected chi connectivity index (χ0v) is 22.0. The Hall–Kier alpha value is -4.71. The molecule has 40 heavy (non-hydrogen) atoms. The van der Waals surface area contributed by atoms with E-state index in [0.29, 0.717) is 18.0 Å². The number of halogens is 1. The molecule has 0 atom stereocenters. The second-order valence-electron chi connectivity index (χ2n) is 10.2. The summed E-state index contributed by atoms with van der Waals surface area (Å²) in [5.41, 5.74) is 11.1. The summed E-state index contributed by atoms with van der Waals surface area (Å²) in [7, 11) is 0. The minimum Gasteiger partial charge on any atom is -0.492 e. The molecule has 198 valence electrons. The molecule has 7 rings (SSSR count). The fourth-order valence-electron chi connectivity index (χ4n) is 5.54. The third-order valence-electron chi connectivity index (χ3n) is 7.55. The third kappa shape index (κ3) is 4.77. The largest absolute Gasteiger partial charge is 0.492 e. The zero-order chi connectivity index (χ0) is 26.9. The van der Waals surface area contributed by atoms with Crippen LogP contribution in [0.3, 0.4) is 0 Å². The first-order chi connectivity index (χ1) is 19.7. The zero-order valence-electron chi connectivity index (χ0n) is 22.0. The molecule has 0 unspecified atom stereocenters. The second kappa shape index (κ2) is 10.5. The van der Waals surface area contributed by atoms with E-state index in [9.17, 15) is 4.39 Å². The highest BCUT2D eigenvalue weighted by molar-refractivity contribution is 5.95. The SMILES string of the molecule is Fc1cc(OCCN2CCCC2)cc(C2=CC=C=Cc3[nH]c(-c4n[nH]c5ncc(-c6ccccc6)cc45)cc32)c1. The second-order valence-corrected chi connectivity index (χ2v) is 10.2. The molecule has 0 spiro atoms. The van der Waals surface area contributed by atoms with Gasteiger partial charge in [-0.15, -0.1) is 5.73 Å². The first-order valence-electron chi connectivity index (χ1n) is 13.6. The van der Waals surface area contributed by atoms with Crippen LogP contribution in [0.25, 0.3) is 45.2 Å². The summed E-state index contributed by atoms with van der Waals surface area (Å²) in [5, 5.41) is 8.57. The molecule has 1 aliphatic heterocycles. The average Bonchev–Trinajstić information content (AvgIpc) is 3.71. The molecule has 2 N–H and O–H groups in total. The van der Waals surface area contributed by atoms with Gasteiger partial charge in [0.2, 0.25) is 0 Å². The summed E-state index contributed by atoms with van der Waals surface area (Å²) in [5.74, 6) is 0.206. The fraction of sp³-hybridized carbons (Fsp3) is 0.182. The number of fused-ring (bicyclic) bond motifs is 2. The standard InChI is InChI=1S/C33H28FN5O/c34-25-16-23(17-26(19-25)40-15-14-39-12-6-7-13-39)27-10-4-5-11-30-28(27)20-31(36-30)32-29-18-24(21-35-33(29)38-37-32)22-8-2-1-3-9-22/h1-4,8-11,16-21,36H,6-7,12-15H2,(H,35,37,38). The molecule has 0 saturated carbocycles. The van der Waals surface area contributed by atoms with Crippen LogP contribution in [0.4, 0.5) is 4.39 Å². The van der Waals surface area contributed by atoms with Gasteiger partial charge in [-0.2, -0.15) is 5.10 Å². The Morgan fingerprint density at radius 1 is 0.975 bits per heavy atom. The number of ether oxygens (including phenoxy) is 1. The minimum atomic E-state index is -0.328. The Kier molecular flexibility index (Phi) is 6.36. The molecule has 2 aliphatic rings. The maximum Gasteiger partial charge on any atom is 0.155 e. The van der Waals surface area contributed by atoms with Crippen molar-refractivity contribution in [2.45, 2.75) is 12.8 Å². The minimum absolute atomic E-state index is 0.328. The smallest absolute Gasteiger partial charge is 0.155 e. The van der Waals surface area contributed by atoms with Gasteiger partial charge < -0.3 is 9.72 Å². The molecule has 0 bridgehead atoms. The molecule has 2 aromatic carbocycles. The molecule has 1 saturated heterocycles. The van der Waals surface area contributed by atoms with Crippen LogP contribution in [0.1, 0.15) is 29.7 Å². The van der Waals surface area contributed by atoms with Gasteiger partial charge >= 0.3 is 0 Å². The van der Waals surface area contributed by atoms with Gasteiger partial charge in [0.1, 0.15) is 23.9 Å². The number of likely N-dealkylation sites (tertiary alicyclic amines) is 1. The van der Waals surface area contributed by atoms with Crippen LogP contribution in [0.2, 0.25) is 0 Å². The maximum absolute atomic E-state index is 14.8. The highest BCUT2D eigenvalue weighted by Crippen LogP contribution is 2.36. The number of benzene rings is 2. The van der Waals surface area contributed by atoms with E-state index in [1.165, 1.54) is 18.9 Å². The van der Waals surface area contributed by atoms with E-state index < -0.39 is 0 Å². The molecule has 4 heterocycles. The highest BCUT2D eigenvalue weighted by atomic mass is 19.1. The maximum atomic E-state index is 14.8. The van der Waals surface area contributed by atoms with Crippen LogP contribution in [-0.2, 0) is 0 Å². The van der Waals surface area contributed by atoms with Gasteiger partial charge in [-0.3, -0.25) is 10.00 Å². The number of aromatic nitrogens is 4. The van der Waals surface area contributed by atoms with Gasteiger partial charge in [0, 0.05) is 41.4 Å². The molecule has 7 heteroatoms. The molecule has 0 amide bonds. The molecule has 0 radical (unpaired) electrons. The van der Waals surface area contributed by atoms with Crippen LogP contribution >= 0.6 is 0 Å². The fourth-order valence-corrected chi connectivity index (χ4v) is 5.54. The summed E-state index contributed by atoms with van der Waals surface area (Å²) in [6.45, 7) is 3.61. The van der Waals surface area contributed by atoms with Gasteiger partial charge in [-0.05, 0) is 79.0 Å². The monoisotopic (exact) mass is 529 g/mol. The lowest BCUT2D eigenvalue weighted by atomic mass is 9.97. The number of hydrogen-bond acceptors (Lipinski definition) is 4. The van der Waals surface area contributed by atoms with Crippen LogP contribution in [0, 0.1) is 5.82 Å².